The molecule has 1 aromatic rings. The first kappa shape index (κ1) is 12.9. The Labute approximate surface area is 108 Å². The maximum absolute atomic E-state index is 13.3. The minimum absolute atomic E-state index is 0.0000926. The van der Waals surface area contributed by atoms with Gasteiger partial charge in [0.05, 0.1) is 9.37 Å². The SMILES string of the molecule is O=S(=O)(c1ccc(Br)c(F)c1)N1CCNCC1. The van der Waals surface area contributed by atoms with E-state index in [9.17, 15) is 12.8 Å². The van der Waals surface area contributed by atoms with Gasteiger partial charge in [0, 0.05) is 26.2 Å². The minimum Gasteiger partial charge on any atom is -0.314 e. The summed E-state index contributed by atoms with van der Waals surface area (Å²) in [7, 11) is -3.57. The summed E-state index contributed by atoms with van der Waals surface area (Å²) in [6, 6.07) is 3.86. The molecule has 0 aliphatic carbocycles. The van der Waals surface area contributed by atoms with E-state index >= 15 is 0 Å². The van der Waals surface area contributed by atoms with Crippen LogP contribution in [0.15, 0.2) is 27.6 Å². The first-order chi connectivity index (χ1) is 8.01. The summed E-state index contributed by atoms with van der Waals surface area (Å²) in [5.74, 6) is -0.568. The molecule has 1 aromatic carbocycles. The van der Waals surface area contributed by atoms with Crippen LogP contribution in [0.3, 0.4) is 0 Å². The van der Waals surface area contributed by atoms with Gasteiger partial charge in [-0.1, -0.05) is 0 Å². The lowest BCUT2D eigenvalue weighted by Crippen LogP contribution is -2.46. The third-order valence-corrected chi connectivity index (χ3v) is 5.14. The lowest BCUT2D eigenvalue weighted by atomic mass is 10.3. The molecule has 94 valence electrons. The Balaban J connectivity index is 2.33. The molecule has 0 radical (unpaired) electrons. The fourth-order valence-electron chi connectivity index (χ4n) is 1.67. The Morgan fingerprint density at radius 1 is 1.29 bits per heavy atom. The lowest BCUT2D eigenvalue weighted by molar-refractivity contribution is 0.360. The van der Waals surface area contributed by atoms with Crippen molar-refractivity contribution in [3.05, 3.63) is 28.5 Å². The Kier molecular flexibility index (Phi) is 3.82. The van der Waals surface area contributed by atoms with Crippen LogP contribution in [0.25, 0.3) is 0 Å². The van der Waals surface area contributed by atoms with Gasteiger partial charge in [-0.05, 0) is 34.1 Å². The highest BCUT2D eigenvalue weighted by atomic mass is 79.9. The quantitative estimate of drug-likeness (QED) is 0.889. The van der Waals surface area contributed by atoms with Crippen LogP contribution < -0.4 is 5.32 Å². The Hall–Kier alpha value is -0.500. The summed E-state index contributed by atoms with van der Waals surface area (Å²) in [6.07, 6.45) is 0. The first-order valence-corrected chi connectivity index (χ1v) is 7.41. The smallest absolute Gasteiger partial charge is 0.243 e. The predicted molar refractivity (Wildman–Crippen MR) is 65.7 cm³/mol. The molecule has 1 heterocycles. The van der Waals surface area contributed by atoms with Crippen molar-refractivity contribution in [3.63, 3.8) is 0 Å². The molecule has 1 fully saturated rings. The molecule has 1 aliphatic heterocycles. The fourth-order valence-corrected chi connectivity index (χ4v) is 3.37. The van der Waals surface area contributed by atoms with Crippen LogP contribution in [0.1, 0.15) is 0 Å². The molecule has 0 amide bonds. The van der Waals surface area contributed by atoms with Gasteiger partial charge in [0.25, 0.3) is 0 Å². The monoisotopic (exact) mass is 322 g/mol. The summed E-state index contributed by atoms with van der Waals surface area (Å²) in [5.41, 5.74) is 0. The number of sulfonamides is 1. The van der Waals surface area contributed by atoms with Crippen molar-refractivity contribution in [1.82, 2.24) is 9.62 Å². The normalized spacial score (nSPS) is 18.2. The van der Waals surface area contributed by atoms with E-state index < -0.39 is 15.8 Å². The van der Waals surface area contributed by atoms with E-state index in [0.29, 0.717) is 26.2 Å². The summed E-state index contributed by atoms with van der Waals surface area (Å²) >= 11 is 3.00. The first-order valence-electron chi connectivity index (χ1n) is 5.18. The molecule has 0 unspecified atom stereocenters. The molecular weight excluding hydrogens is 311 g/mol. The van der Waals surface area contributed by atoms with E-state index in [2.05, 4.69) is 21.2 Å². The molecule has 1 N–H and O–H groups in total. The summed E-state index contributed by atoms with van der Waals surface area (Å²) < 4.78 is 39.3. The van der Waals surface area contributed by atoms with Gasteiger partial charge in [0.15, 0.2) is 0 Å². The molecule has 0 saturated carbocycles. The average molecular weight is 323 g/mol. The zero-order chi connectivity index (χ0) is 12.5. The number of nitrogens with one attached hydrogen (secondary N) is 1. The van der Waals surface area contributed by atoms with E-state index in [0.717, 1.165) is 6.07 Å². The molecule has 1 saturated heterocycles. The van der Waals surface area contributed by atoms with E-state index in [1.807, 2.05) is 0 Å². The van der Waals surface area contributed by atoms with Crippen molar-refractivity contribution in [2.45, 2.75) is 4.90 Å². The average Bonchev–Trinajstić information content (AvgIpc) is 2.33. The van der Waals surface area contributed by atoms with Crippen molar-refractivity contribution >= 4 is 26.0 Å². The van der Waals surface area contributed by atoms with Crippen LogP contribution in [0.4, 0.5) is 4.39 Å². The second-order valence-electron chi connectivity index (χ2n) is 3.73. The Morgan fingerprint density at radius 3 is 2.53 bits per heavy atom. The molecule has 4 nitrogen and oxygen atoms in total. The van der Waals surface area contributed by atoms with Crippen LogP contribution in [0.5, 0.6) is 0 Å². The van der Waals surface area contributed by atoms with Crippen LogP contribution in [0.2, 0.25) is 0 Å². The fraction of sp³-hybridized carbons (Fsp3) is 0.400. The molecule has 0 aromatic heterocycles. The number of hydrogen-bond acceptors (Lipinski definition) is 3. The van der Waals surface area contributed by atoms with Crippen molar-refractivity contribution in [2.24, 2.45) is 0 Å². The molecule has 2 rings (SSSR count). The van der Waals surface area contributed by atoms with Crippen LogP contribution in [-0.2, 0) is 10.0 Å². The number of nitrogens with zero attached hydrogens (tertiary/aromatic N) is 1. The van der Waals surface area contributed by atoms with Gasteiger partial charge < -0.3 is 5.32 Å². The molecule has 1 aliphatic rings. The third-order valence-electron chi connectivity index (χ3n) is 2.60. The highest BCUT2D eigenvalue weighted by Crippen LogP contribution is 2.22. The molecule has 0 spiro atoms. The van der Waals surface area contributed by atoms with E-state index in [4.69, 9.17) is 0 Å². The highest BCUT2D eigenvalue weighted by molar-refractivity contribution is 9.10. The van der Waals surface area contributed by atoms with Crippen molar-refractivity contribution in [1.29, 1.82) is 0 Å². The van der Waals surface area contributed by atoms with Crippen LogP contribution in [0, 0.1) is 5.82 Å². The number of benzene rings is 1. The topological polar surface area (TPSA) is 49.4 Å². The standard InChI is InChI=1S/C10H12BrFN2O2S/c11-9-2-1-8(7-10(9)12)17(15,16)14-5-3-13-4-6-14/h1-2,7,13H,3-6H2. The van der Waals surface area contributed by atoms with Crippen molar-refractivity contribution < 1.29 is 12.8 Å². The molecule has 7 heteroatoms. The summed E-state index contributed by atoms with van der Waals surface area (Å²) in [4.78, 5) is 0.0000926. The molecular formula is C10H12BrFN2O2S. The summed E-state index contributed by atoms with van der Waals surface area (Å²) in [6.45, 7) is 2.08. The Bertz CT molecular complexity index is 515. The summed E-state index contributed by atoms with van der Waals surface area (Å²) in [5, 5.41) is 3.07. The number of halogens is 2. The number of hydrogen-bond donors (Lipinski definition) is 1. The Morgan fingerprint density at radius 2 is 1.94 bits per heavy atom. The molecule has 0 bridgehead atoms. The third kappa shape index (κ3) is 2.67. The second kappa shape index (κ2) is 5.01. The number of piperazine rings is 1. The van der Waals surface area contributed by atoms with Gasteiger partial charge >= 0.3 is 0 Å². The predicted octanol–water partition coefficient (Wildman–Crippen LogP) is 1.18. The van der Waals surface area contributed by atoms with E-state index in [1.165, 1.54) is 16.4 Å². The van der Waals surface area contributed by atoms with E-state index in [-0.39, 0.29) is 9.37 Å². The van der Waals surface area contributed by atoms with Gasteiger partial charge in [-0.25, -0.2) is 12.8 Å². The van der Waals surface area contributed by atoms with Gasteiger partial charge in [-0.2, -0.15) is 4.31 Å². The van der Waals surface area contributed by atoms with Gasteiger partial charge in [0.1, 0.15) is 5.82 Å². The van der Waals surface area contributed by atoms with Crippen LogP contribution in [-0.4, -0.2) is 38.9 Å². The second-order valence-corrected chi connectivity index (χ2v) is 6.52. The van der Waals surface area contributed by atoms with Gasteiger partial charge in [0.2, 0.25) is 10.0 Å². The zero-order valence-corrected chi connectivity index (χ0v) is 11.4. The van der Waals surface area contributed by atoms with Crippen molar-refractivity contribution in [3.8, 4) is 0 Å². The van der Waals surface area contributed by atoms with E-state index in [1.54, 1.807) is 0 Å². The zero-order valence-electron chi connectivity index (χ0n) is 8.99. The lowest BCUT2D eigenvalue weighted by Gasteiger charge is -2.26. The minimum atomic E-state index is -3.57. The maximum Gasteiger partial charge on any atom is 0.243 e. The van der Waals surface area contributed by atoms with Gasteiger partial charge in [-0.15, -0.1) is 0 Å². The van der Waals surface area contributed by atoms with Gasteiger partial charge in [-0.3, -0.25) is 0 Å². The molecule has 17 heavy (non-hydrogen) atoms. The molecule has 0 atom stereocenters. The van der Waals surface area contributed by atoms with Crippen molar-refractivity contribution in [2.75, 3.05) is 26.2 Å². The van der Waals surface area contributed by atoms with Crippen LogP contribution >= 0.6 is 15.9 Å². The maximum atomic E-state index is 13.3. The number of rotatable bonds is 2. The largest absolute Gasteiger partial charge is 0.314 e. The highest BCUT2D eigenvalue weighted by Gasteiger charge is 2.26.